The Balaban J connectivity index is 1.37. The molecule has 174 valence electrons. The smallest absolute Gasteiger partial charge is 0.173 e. The van der Waals surface area contributed by atoms with Gasteiger partial charge in [-0.1, -0.05) is 95.2 Å². The SMILES string of the molecule is C=Cc1ccc(C[n+]2ccc(-c3cc[n+](CCCCCCCCCCCC)cc3)cc2)cc1. The predicted molar refractivity (Wildman–Crippen MR) is 140 cm³/mol. The van der Waals surface area contributed by atoms with E-state index in [1.165, 1.54) is 80.9 Å². The largest absolute Gasteiger partial charge is 0.205 e. The van der Waals surface area contributed by atoms with E-state index in [0.29, 0.717) is 0 Å². The first-order valence-electron chi connectivity index (χ1n) is 13.0. The molecule has 0 N–H and O–H groups in total. The number of pyridine rings is 2. The van der Waals surface area contributed by atoms with Gasteiger partial charge in [-0.3, -0.25) is 0 Å². The van der Waals surface area contributed by atoms with Gasteiger partial charge in [0, 0.05) is 36.2 Å². The number of hydrogen-bond donors (Lipinski definition) is 0. The van der Waals surface area contributed by atoms with Gasteiger partial charge in [0.2, 0.25) is 0 Å². The molecule has 0 aliphatic heterocycles. The summed E-state index contributed by atoms with van der Waals surface area (Å²) in [5.74, 6) is 0. The van der Waals surface area contributed by atoms with Gasteiger partial charge >= 0.3 is 0 Å². The molecule has 0 fully saturated rings. The van der Waals surface area contributed by atoms with E-state index in [-0.39, 0.29) is 0 Å². The van der Waals surface area contributed by atoms with Crippen LogP contribution in [-0.2, 0) is 13.1 Å². The molecule has 0 spiro atoms. The van der Waals surface area contributed by atoms with Crippen LogP contribution < -0.4 is 9.13 Å². The quantitative estimate of drug-likeness (QED) is 0.170. The molecule has 0 aliphatic carbocycles. The van der Waals surface area contributed by atoms with Crippen LogP contribution in [0.1, 0.15) is 82.3 Å². The van der Waals surface area contributed by atoms with Gasteiger partial charge in [0.05, 0.1) is 0 Å². The minimum atomic E-state index is 0.880. The first-order valence-corrected chi connectivity index (χ1v) is 13.0. The highest BCUT2D eigenvalue weighted by atomic mass is 14.9. The van der Waals surface area contributed by atoms with E-state index in [1.807, 2.05) is 6.08 Å². The van der Waals surface area contributed by atoms with E-state index in [9.17, 15) is 0 Å². The van der Waals surface area contributed by atoms with Crippen molar-refractivity contribution >= 4 is 6.08 Å². The van der Waals surface area contributed by atoms with Crippen molar-refractivity contribution in [2.45, 2.75) is 84.2 Å². The molecule has 0 amide bonds. The Bertz CT molecular complexity index is 924. The highest BCUT2D eigenvalue weighted by Gasteiger charge is 2.07. The average molecular weight is 443 g/mol. The molecule has 1 aromatic carbocycles. The molecule has 2 heteroatoms. The number of unbranched alkanes of at least 4 members (excludes halogenated alkanes) is 9. The molecular weight excluding hydrogens is 400 g/mol. The Kier molecular flexibility index (Phi) is 10.9. The van der Waals surface area contributed by atoms with E-state index in [1.54, 1.807) is 0 Å². The van der Waals surface area contributed by atoms with Crippen molar-refractivity contribution in [3.05, 3.63) is 91.0 Å². The Hall–Kier alpha value is -2.74. The van der Waals surface area contributed by atoms with Crippen molar-refractivity contribution in [2.24, 2.45) is 0 Å². The van der Waals surface area contributed by atoms with Crippen LogP contribution in [0.3, 0.4) is 0 Å². The third kappa shape index (κ3) is 8.96. The minimum absolute atomic E-state index is 0.880. The predicted octanol–water partition coefficient (Wildman–Crippen LogP) is 7.54. The number of nitrogens with zero attached hydrogens (tertiary/aromatic N) is 2. The average Bonchev–Trinajstić information content (AvgIpc) is 2.86. The molecular formula is C31H42N2+2. The fourth-order valence-corrected chi connectivity index (χ4v) is 4.31. The van der Waals surface area contributed by atoms with E-state index in [0.717, 1.165) is 18.7 Å². The molecule has 3 aromatic rings. The zero-order chi connectivity index (χ0) is 23.1. The summed E-state index contributed by atoms with van der Waals surface area (Å²) in [4.78, 5) is 0. The number of benzene rings is 1. The second-order valence-electron chi connectivity index (χ2n) is 9.21. The second-order valence-corrected chi connectivity index (χ2v) is 9.21. The van der Waals surface area contributed by atoms with E-state index in [2.05, 4.69) is 96.0 Å². The van der Waals surface area contributed by atoms with Crippen LogP contribution in [0, 0.1) is 0 Å². The fraction of sp³-hybridized carbons (Fsp3) is 0.419. The zero-order valence-electron chi connectivity index (χ0n) is 20.6. The molecule has 0 aliphatic rings. The number of rotatable bonds is 15. The van der Waals surface area contributed by atoms with Gasteiger partial charge in [-0.05, 0) is 23.1 Å². The molecule has 33 heavy (non-hydrogen) atoms. The van der Waals surface area contributed by atoms with Crippen LogP contribution in [0.4, 0.5) is 0 Å². The third-order valence-electron chi connectivity index (χ3n) is 6.47. The summed E-state index contributed by atoms with van der Waals surface area (Å²) in [6.07, 6.45) is 24.5. The molecule has 0 saturated heterocycles. The van der Waals surface area contributed by atoms with Gasteiger partial charge < -0.3 is 0 Å². The van der Waals surface area contributed by atoms with Crippen LogP contribution in [0.25, 0.3) is 17.2 Å². The lowest BCUT2D eigenvalue weighted by atomic mass is 10.1. The van der Waals surface area contributed by atoms with E-state index in [4.69, 9.17) is 0 Å². The fourth-order valence-electron chi connectivity index (χ4n) is 4.31. The zero-order valence-corrected chi connectivity index (χ0v) is 20.6. The lowest BCUT2D eigenvalue weighted by Crippen LogP contribution is -2.33. The van der Waals surface area contributed by atoms with Crippen molar-refractivity contribution in [2.75, 3.05) is 0 Å². The van der Waals surface area contributed by atoms with E-state index >= 15 is 0 Å². The maximum Gasteiger partial charge on any atom is 0.173 e. The van der Waals surface area contributed by atoms with Crippen LogP contribution in [0.5, 0.6) is 0 Å². The molecule has 0 bridgehead atoms. The first kappa shape index (κ1) is 24.9. The maximum absolute atomic E-state index is 3.82. The van der Waals surface area contributed by atoms with Gasteiger partial charge in [-0.25, -0.2) is 9.13 Å². The minimum Gasteiger partial charge on any atom is -0.205 e. The normalized spacial score (nSPS) is 10.9. The Morgan fingerprint density at radius 3 is 1.61 bits per heavy atom. The Morgan fingerprint density at radius 1 is 0.606 bits per heavy atom. The molecule has 0 radical (unpaired) electrons. The van der Waals surface area contributed by atoms with Crippen LogP contribution >= 0.6 is 0 Å². The van der Waals surface area contributed by atoms with E-state index < -0.39 is 0 Å². The maximum atomic E-state index is 3.82. The number of aryl methyl sites for hydroxylation is 1. The van der Waals surface area contributed by atoms with Crippen molar-refractivity contribution in [1.82, 2.24) is 0 Å². The summed E-state index contributed by atoms with van der Waals surface area (Å²) in [7, 11) is 0. The summed E-state index contributed by atoms with van der Waals surface area (Å²) < 4.78 is 4.55. The van der Waals surface area contributed by atoms with Gasteiger partial charge in [0.15, 0.2) is 31.3 Å². The third-order valence-corrected chi connectivity index (χ3v) is 6.47. The molecule has 2 nitrogen and oxygen atoms in total. The molecule has 0 atom stereocenters. The summed E-state index contributed by atoms with van der Waals surface area (Å²) in [5.41, 5.74) is 5.00. The second kappa shape index (κ2) is 14.4. The van der Waals surface area contributed by atoms with Gasteiger partial charge in [-0.2, -0.15) is 0 Å². The van der Waals surface area contributed by atoms with Crippen molar-refractivity contribution in [1.29, 1.82) is 0 Å². The van der Waals surface area contributed by atoms with Gasteiger partial charge in [-0.15, -0.1) is 0 Å². The topological polar surface area (TPSA) is 7.76 Å². The summed E-state index contributed by atoms with van der Waals surface area (Å²) in [6, 6.07) is 17.5. The van der Waals surface area contributed by atoms with Gasteiger partial charge in [0.1, 0.15) is 6.54 Å². The molecule has 2 aromatic heterocycles. The monoisotopic (exact) mass is 442 g/mol. The molecule has 0 unspecified atom stereocenters. The first-order chi connectivity index (χ1) is 16.3. The Morgan fingerprint density at radius 2 is 1.09 bits per heavy atom. The van der Waals surface area contributed by atoms with Crippen molar-refractivity contribution in [3.8, 4) is 11.1 Å². The van der Waals surface area contributed by atoms with Crippen LogP contribution in [0.2, 0.25) is 0 Å². The van der Waals surface area contributed by atoms with Crippen molar-refractivity contribution < 1.29 is 9.13 Å². The lowest BCUT2D eigenvalue weighted by Gasteiger charge is -2.03. The number of hydrogen-bond acceptors (Lipinski definition) is 0. The van der Waals surface area contributed by atoms with Crippen molar-refractivity contribution in [3.63, 3.8) is 0 Å². The van der Waals surface area contributed by atoms with Gasteiger partial charge in [0.25, 0.3) is 0 Å². The Labute approximate surface area is 201 Å². The summed E-state index contributed by atoms with van der Waals surface area (Å²) in [5, 5.41) is 0. The standard InChI is InChI=1S/C31H42N2/c1-3-5-6-7-8-9-10-11-12-13-22-32-23-18-30(19-24-32)31-20-25-33(26-21-31)27-29-16-14-28(4-2)15-17-29/h4,14-21,23-26H,2-3,5-13,22,27H2,1H3/q+2. The number of aromatic nitrogens is 2. The summed E-state index contributed by atoms with van der Waals surface area (Å²) >= 11 is 0. The summed E-state index contributed by atoms with van der Waals surface area (Å²) in [6.45, 7) is 8.11. The molecule has 0 saturated carbocycles. The molecule has 2 heterocycles. The highest BCUT2D eigenvalue weighted by molar-refractivity contribution is 5.60. The highest BCUT2D eigenvalue weighted by Crippen LogP contribution is 2.16. The molecule has 3 rings (SSSR count). The lowest BCUT2D eigenvalue weighted by molar-refractivity contribution is -0.697. The van der Waals surface area contributed by atoms with Crippen LogP contribution in [-0.4, -0.2) is 0 Å². The van der Waals surface area contributed by atoms with Crippen LogP contribution in [0.15, 0.2) is 79.9 Å².